The topological polar surface area (TPSA) is 47.6 Å². The summed E-state index contributed by atoms with van der Waals surface area (Å²) in [6.07, 6.45) is 2.06. The molecule has 5 nitrogen and oxygen atoms in total. The average molecular weight is 379 g/mol. The average Bonchev–Trinajstić information content (AvgIpc) is 2.77. The molecule has 0 saturated carbocycles. The number of nitrogens with one attached hydrogen (secondary N) is 2. The second-order valence-electron chi connectivity index (χ2n) is 7.78. The Balaban J connectivity index is 1.29. The number of nitrogens with zero attached hydrogens (tertiary/aromatic N) is 2. The van der Waals surface area contributed by atoms with Crippen molar-refractivity contribution in [3.63, 3.8) is 0 Å². The highest BCUT2D eigenvalue weighted by molar-refractivity contribution is 5.97. The zero-order chi connectivity index (χ0) is 19.3. The van der Waals surface area contributed by atoms with Gasteiger partial charge in [0.05, 0.1) is 0 Å². The quantitative estimate of drug-likeness (QED) is 0.840. The monoisotopic (exact) mass is 378 g/mol. The molecule has 2 N–H and O–H groups in total. The molecular formula is C23H30N4O. The zero-order valence-electron chi connectivity index (χ0n) is 16.7. The number of piperazine rings is 1. The van der Waals surface area contributed by atoms with Gasteiger partial charge in [-0.05, 0) is 49.6 Å². The van der Waals surface area contributed by atoms with E-state index >= 15 is 0 Å². The number of rotatable bonds is 5. The molecule has 0 radical (unpaired) electrons. The van der Waals surface area contributed by atoms with Crippen LogP contribution in [0, 0.1) is 0 Å². The van der Waals surface area contributed by atoms with E-state index in [1.165, 1.54) is 5.69 Å². The highest BCUT2D eigenvalue weighted by Gasteiger charge is 2.22. The molecule has 2 aliphatic heterocycles. The molecule has 2 aromatic rings. The van der Waals surface area contributed by atoms with Gasteiger partial charge >= 0.3 is 0 Å². The molecule has 1 atom stereocenters. The summed E-state index contributed by atoms with van der Waals surface area (Å²) in [7, 11) is 0. The first kappa shape index (κ1) is 18.8. The van der Waals surface area contributed by atoms with E-state index in [1.807, 2.05) is 12.1 Å². The highest BCUT2D eigenvalue weighted by atomic mass is 16.1. The fourth-order valence-electron chi connectivity index (χ4n) is 4.25. The summed E-state index contributed by atoms with van der Waals surface area (Å²) in [4.78, 5) is 17.7. The van der Waals surface area contributed by atoms with Gasteiger partial charge in [-0.3, -0.25) is 9.69 Å². The van der Waals surface area contributed by atoms with E-state index in [0.29, 0.717) is 12.6 Å². The number of anilines is 2. The molecule has 4 rings (SSSR count). The molecule has 2 aliphatic rings. The second-order valence-corrected chi connectivity index (χ2v) is 7.78. The maximum atomic E-state index is 12.8. The lowest BCUT2D eigenvalue weighted by atomic mass is 9.97. The zero-order valence-corrected chi connectivity index (χ0v) is 16.7. The normalized spacial score (nSPS) is 18.1. The molecule has 2 aromatic carbocycles. The predicted molar refractivity (Wildman–Crippen MR) is 115 cm³/mol. The van der Waals surface area contributed by atoms with Gasteiger partial charge in [0, 0.05) is 62.2 Å². The molecule has 1 unspecified atom stereocenters. The van der Waals surface area contributed by atoms with Crippen LogP contribution in [0.2, 0.25) is 0 Å². The lowest BCUT2D eigenvalue weighted by Gasteiger charge is -2.39. The van der Waals surface area contributed by atoms with Crippen LogP contribution in [0.4, 0.5) is 11.4 Å². The third-order valence-corrected chi connectivity index (χ3v) is 5.96. The molecule has 0 bridgehead atoms. The first-order valence-electron chi connectivity index (χ1n) is 10.4. The number of carbonyl (C=O) groups excluding carboxylic acids is 1. The third kappa shape index (κ3) is 4.14. The molecule has 1 amide bonds. The Morgan fingerprint density at radius 1 is 1.07 bits per heavy atom. The fraction of sp³-hybridized carbons (Fsp3) is 0.435. The smallest absolute Gasteiger partial charge is 0.251 e. The lowest BCUT2D eigenvalue weighted by Crippen LogP contribution is -2.52. The molecule has 148 valence electrons. The Hall–Kier alpha value is -2.53. The van der Waals surface area contributed by atoms with Crippen LogP contribution in [0.15, 0.2) is 48.5 Å². The van der Waals surface area contributed by atoms with Gasteiger partial charge < -0.3 is 15.5 Å². The Bertz CT molecular complexity index is 800. The van der Waals surface area contributed by atoms with E-state index in [2.05, 4.69) is 63.8 Å². The Morgan fingerprint density at radius 2 is 1.86 bits per heavy atom. The number of benzene rings is 2. The highest BCUT2D eigenvalue weighted by Crippen LogP contribution is 2.25. The summed E-state index contributed by atoms with van der Waals surface area (Å²) >= 11 is 0. The third-order valence-electron chi connectivity index (χ3n) is 5.96. The van der Waals surface area contributed by atoms with Crippen LogP contribution in [0.1, 0.15) is 29.3 Å². The van der Waals surface area contributed by atoms with Gasteiger partial charge in [-0.25, -0.2) is 0 Å². The van der Waals surface area contributed by atoms with Crippen LogP contribution in [-0.2, 0) is 6.42 Å². The predicted octanol–water partition coefficient (Wildman–Crippen LogP) is 2.99. The summed E-state index contributed by atoms with van der Waals surface area (Å²) in [5.74, 6) is 0.0512. The summed E-state index contributed by atoms with van der Waals surface area (Å²) in [5.41, 5.74) is 4.40. The standard InChI is InChI=1S/C23H30N4O/c1-18(26-13-15-27(16-14-26)19-7-3-2-4-8-19)17-25-23(28)21-9-5-11-22-20(21)10-6-12-24-22/h2-5,7-9,11,18,24H,6,10,12-17H2,1H3,(H,25,28). The summed E-state index contributed by atoms with van der Waals surface area (Å²) in [6, 6.07) is 16.9. The molecular weight excluding hydrogens is 348 g/mol. The number of para-hydroxylation sites is 1. The minimum absolute atomic E-state index is 0.0512. The first-order chi connectivity index (χ1) is 13.7. The van der Waals surface area contributed by atoms with Crippen LogP contribution in [-0.4, -0.2) is 56.1 Å². The van der Waals surface area contributed by atoms with Crippen molar-refractivity contribution in [1.82, 2.24) is 10.2 Å². The van der Waals surface area contributed by atoms with Crippen molar-refractivity contribution in [2.75, 3.05) is 49.5 Å². The molecule has 0 aromatic heterocycles. The van der Waals surface area contributed by atoms with E-state index in [1.54, 1.807) is 0 Å². The van der Waals surface area contributed by atoms with Gasteiger partial charge in [0.1, 0.15) is 0 Å². The van der Waals surface area contributed by atoms with E-state index < -0.39 is 0 Å². The Kier molecular flexibility index (Phi) is 5.81. The molecule has 2 heterocycles. The van der Waals surface area contributed by atoms with Gasteiger partial charge in [-0.1, -0.05) is 24.3 Å². The maximum Gasteiger partial charge on any atom is 0.251 e. The largest absolute Gasteiger partial charge is 0.385 e. The van der Waals surface area contributed by atoms with Crippen LogP contribution >= 0.6 is 0 Å². The van der Waals surface area contributed by atoms with Crippen molar-refractivity contribution in [3.05, 3.63) is 59.7 Å². The Morgan fingerprint density at radius 3 is 2.64 bits per heavy atom. The van der Waals surface area contributed by atoms with E-state index in [0.717, 1.165) is 62.4 Å². The minimum Gasteiger partial charge on any atom is -0.385 e. The van der Waals surface area contributed by atoms with Crippen molar-refractivity contribution in [2.24, 2.45) is 0 Å². The second kappa shape index (κ2) is 8.65. The SMILES string of the molecule is CC(CNC(=O)c1cccc2c1CCCN2)N1CCN(c2ccccc2)CC1. The maximum absolute atomic E-state index is 12.8. The van der Waals surface area contributed by atoms with Crippen LogP contribution in [0.25, 0.3) is 0 Å². The summed E-state index contributed by atoms with van der Waals surface area (Å²) in [5, 5.41) is 6.57. The molecule has 1 saturated heterocycles. The first-order valence-corrected chi connectivity index (χ1v) is 10.4. The van der Waals surface area contributed by atoms with Gasteiger partial charge in [0.15, 0.2) is 0 Å². The van der Waals surface area contributed by atoms with Crippen molar-refractivity contribution < 1.29 is 4.79 Å². The van der Waals surface area contributed by atoms with E-state index in [4.69, 9.17) is 0 Å². The number of carbonyl (C=O) groups is 1. The molecule has 0 aliphatic carbocycles. The van der Waals surface area contributed by atoms with E-state index in [-0.39, 0.29) is 5.91 Å². The van der Waals surface area contributed by atoms with Crippen LogP contribution < -0.4 is 15.5 Å². The van der Waals surface area contributed by atoms with E-state index in [9.17, 15) is 4.79 Å². The number of fused-ring (bicyclic) bond motifs is 1. The minimum atomic E-state index is 0.0512. The van der Waals surface area contributed by atoms with Crippen molar-refractivity contribution in [1.29, 1.82) is 0 Å². The number of hydrogen-bond acceptors (Lipinski definition) is 4. The van der Waals surface area contributed by atoms with Gasteiger partial charge in [-0.15, -0.1) is 0 Å². The summed E-state index contributed by atoms with van der Waals surface area (Å²) < 4.78 is 0. The van der Waals surface area contributed by atoms with Crippen molar-refractivity contribution in [2.45, 2.75) is 25.8 Å². The Labute approximate surface area is 167 Å². The molecule has 0 spiro atoms. The molecule has 5 heteroatoms. The van der Waals surface area contributed by atoms with Gasteiger partial charge in [0.25, 0.3) is 5.91 Å². The fourth-order valence-corrected chi connectivity index (χ4v) is 4.25. The molecule has 1 fully saturated rings. The lowest BCUT2D eigenvalue weighted by molar-refractivity contribution is 0.0933. The number of hydrogen-bond donors (Lipinski definition) is 2. The van der Waals surface area contributed by atoms with Crippen LogP contribution in [0.3, 0.4) is 0 Å². The van der Waals surface area contributed by atoms with Gasteiger partial charge in [-0.2, -0.15) is 0 Å². The van der Waals surface area contributed by atoms with Crippen molar-refractivity contribution in [3.8, 4) is 0 Å². The van der Waals surface area contributed by atoms with Gasteiger partial charge in [0.2, 0.25) is 0 Å². The van der Waals surface area contributed by atoms with Crippen LogP contribution in [0.5, 0.6) is 0 Å². The number of amides is 1. The molecule has 28 heavy (non-hydrogen) atoms. The van der Waals surface area contributed by atoms with Crippen molar-refractivity contribution >= 4 is 17.3 Å². The summed E-state index contributed by atoms with van der Waals surface area (Å²) in [6.45, 7) is 7.99.